The first-order chi connectivity index (χ1) is 15.7. The predicted molar refractivity (Wildman–Crippen MR) is 123 cm³/mol. The highest BCUT2D eigenvalue weighted by Crippen LogP contribution is 2.35. The lowest BCUT2D eigenvalue weighted by Gasteiger charge is -2.24. The summed E-state index contributed by atoms with van der Waals surface area (Å²) >= 11 is 0. The van der Waals surface area contributed by atoms with Gasteiger partial charge in [-0.25, -0.2) is 4.39 Å². The van der Waals surface area contributed by atoms with Crippen LogP contribution in [0.25, 0.3) is 10.9 Å². The van der Waals surface area contributed by atoms with Crippen molar-refractivity contribution in [1.29, 1.82) is 0 Å². The number of hydrogen-bond donors (Lipinski definition) is 3. The van der Waals surface area contributed by atoms with Crippen molar-refractivity contribution in [3.63, 3.8) is 0 Å². The zero-order chi connectivity index (χ0) is 21.9. The number of nitrogens with one attached hydrogen (secondary N) is 3. The monoisotopic (exact) mass is 428 g/mol. The molecule has 0 radical (unpaired) electrons. The number of pyridine rings is 1. The Bertz CT molecular complexity index is 1250. The van der Waals surface area contributed by atoms with Crippen LogP contribution in [0, 0.1) is 5.82 Å². The zero-order valence-corrected chi connectivity index (χ0v) is 17.7. The molecule has 32 heavy (non-hydrogen) atoms. The van der Waals surface area contributed by atoms with E-state index in [-0.39, 0.29) is 17.8 Å². The molecule has 1 aliphatic carbocycles. The van der Waals surface area contributed by atoms with E-state index in [1.165, 1.54) is 11.6 Å². The fourth-order valence-corrected chi connectivity index (χ4v) is 4.47. The van der Waals surface area contributed by atoms with Gasteiger partial charge in [0.1, 0.15) is 5.82 Å². The van der Waals surface area contributed by atoms with E-state index in [1.807, 2.05) is 42.5 Å². The molecule has 1 unspecified atom stereocenters. The van der Waals surface area contributed by atoms with E-state index in [4.69, 9.17) is 0 Å². The number of nitrogens with zero attached hydrogens (tertiary/aromatic N) is 1. The molecule has 0 aliphatic heterocycles. The maximum absolute atomic E-state index is 14.0. The van der Waals surface area contributed by atoms with Crippen LogP contribution in [0.2, 0.25) is 0 Å². The highest BCUT2D eigenvalue weighted by molar-refractivity contribution is 5.99. The SMILES string of the molecule is O=C(NCc1cccnc1)c1ccc2[nH]c3c(c2c1)CCCC3NCc1ccccc1F. The van der Waals surface area contributed by atoms with Gasteiger partial charge in [0.05, 0.1) is 0 Å². The van der Waals surface area contributed by atoms with Crippen LogP contribution in [-0.4, -0.2) is 15.9 Å². The number of rotatable bonds is 6. The predicted octanol–water partition coefficient (Wildman–Crippen LogP) is 4.80. The van der Waals surface area contributed by atoms with Gasteiger partial charge in [0, 0.05) is 59.2 Å². The fraction of sp³-hybridized carbons (Fsp3) is 0.231. The maximum Gasteiger partial charge on any atom is 0.251 e. The summed E-state index contributed by atoms with van der Waals surface area (Å²) in [5, 5.41) is 7.57. The Morgan fingerprint density at radius 3 is 2.88 bits per heavy atom. The number of carbonyl (C=O) groups is 1. The van der Waals surface area contributed by atoms with Crippen LogP contribution in [-0.2, 0) is 19.5 Å². The molecule has 4 aromatic rings. The Morgan fingerprint density at radius 1 is 1.12 bits per heavy atom. The Hall–Kier alpha value is -3.51. The second-order valence-electron chi connectivity index (χ2n) is 8.24. The van der Waals surface area contributed by atoms with Gasteiger partial charge in [-0.1, -0.05) is 24.3 Å². The van der Waals surface area contributed by atoms with Gasteiger partial charge in [0.25, 0.3) is 5.91 Å². The number of hydrogen-bond acceptors (Lipinski definition) is 3. The van der Waals surface area contributed by atoms with E-state index < -0.39 is 0 Å². The van der Waals surface area contributed by atoms with Crippen LogP contribution in [0.3, 0.4) is 0 Å². The zero-order valence-electron chi connectivity index (χ0n) is 17.7. The van der Waals surface area contributed by atoms with Crippen molar-refractivity contribution in [3.8, 4) is 0 Å². The topological polar surface area (TPSA) is 69.8 Å². The molecule has 0 spiro atoms. The standard InChI is InChI=1S/C26H25FN4O/c27-22-8-2-1-6-19(22)16-29-24-9-3-7-20-21-13-18(10-11-23(21)31-25(20)24)26(32)30-15-17-5-4-12-28-14-17/h1-2,4-6,8,10-14,24,29,31H,3,7,9,15-16H2,(H,30,32). The maximum atomic E-state index is 14.0. The Balaban J connectivity index is 1.34. The molecule has 3 N–H and O–H groups in total. The number of carbonyl (C=O) groups excluding carboxylic acids is 1. The number of fused-ring (bicyclic) bond motifs is 3. The molecule has 2 heterocycles. The molecule has 2 aromatic heterocycles. The summed E-state index contributed by atoms with van der Waals surface area (Å²) in [6, 6.07) is 16.6. The van der Waals surface area contributed by atoms with E-state index in [2.05, 4.69) is 20.6 Å². The summed E-state index contributed by atoms with van der Waals surface area (Å²) in [6.07, 6.45) is 6.47. The largest absolute Gasteiger partial charge is 0.357 e. The number of H-pyrrole nitrogens is 1. The average Bonchev–Trinajstić information content (AvgIpc) is 3.21. The van der Waals surface area contributed by atoms with Crippen LogP contribution >= 0.6 is 0 Å². The van der Waals surface area contributed by atoms with Crippen LogP contribution in [0.15, 0.2) is 67.0 Å². The van der Waals surface area contributed by atoms with Crippen molar-refractivity contribution in [2.45, 2.75) is 38.4 Å². The molecule has 6 heteroatoms. The van der Waals surface area contributed by atoms with E-state index in [0.717, 1.165) is 41.4 Å². The Kier molecular flexibility index (Phi) is 5.69. The third-order valence-electron chi connectivity index (χ3n) is 6.14. The highest BCUT2D eigenvalue weighted by Gasteiger charge is 2.24. The summed E-state index contributed by atoms with van der Waals surface area (Å²) in [5.74, 6) is -0.287. The molecule has 2 aromatic carbocycles. The van der Waals surface area contributed by atoms with Gasteiger partial charge in [-0.05, 0) is 60.7 Å². The highest BCUT2D eigenvalue weighted by atomic mass is 19.1. The average molecular weight is 429 g/mol. The van der Waals surface area contributed by atoms with Crippen molar-refractivity contribution in [1.82, 2.24) is 20.6 Å². The quantitative estimate of drug-likeness (QED) is 0.413. The van der Waals surface area contributed by atoms with Crippen LogP contribution in [0.4, 0.5) is 4.39 Å². The van der Waals surface area contributed by atoms with Gasteiger partial charge in [0.15, 0.2) is 0 Å². The van der Waals surface area contributed by atoms with Gasteiger partial charge in [0.2, 0.25) is 0 Å². The lowest BCUT2D eigenvalue weighted by Crippen LogP contribution is -2.25. The summed E-state index contributed by atoms with van der Waals surface area (Å²) in [6.45, 7) is 0.923. The van der Waals surface area contributed by atoms with Gasteiger partial charge in [-0.3, -0.25) is 9.78 Å². The summed E-state index contributed by atoms with van der Waals surface area (Å²) < 4.78 is 14.0. The Morgan fingerprint density at radius 2 is 2.03 bits per heavy atom. The second kappa shape index (κ2) is 8.93. The third kappa shape index (κ3) is 4.14. The van der Waals surface area contributed by atoms with Gasteiger partial charge in [-0.2, -0.15) is 0 Å². The van der Waals surface area contributed by atoms with Crippen molar-refractivity contribution >= 4 is 16.8 Å². The molecule has 5 nitrogen and oxygen atoms in total. The fourth-order valence-electron chi connectivity index (χ4n) is 4.47. The lowest BCUT2D eigenvalue weighted by molar-refractivity contribution is 0.0951. The van der Waals surface area contributed by atoms with Crippen molar-refractivity contribution in [2.24, 2.45) is 0 Å². The first-order valence-corrected chi connectivity index (χ1v) is 11.0. The normalized spacial score (nSPS) is 15.5. The molecule has 1 atom stereocenters. The van der Waals surface area contributed by atoms with Crippen LogP contribution in [0.1, 0.15) is 51.6 Å². The first-order valence-electron chi connectivity index (χ1n) is 11.0. The molecular formula is C26H25FN4O. The van der Waals surface area contributed by atoms with Crippen molar-refractivity contribution in [2.75, 3.05) is 0 Å². The van der Waals surface area contributed by atoms with Gasteiger partial charge >= 0.3 is 0 Å². The van der Waals surface area contributed by atoms with Gasteiger partial charge < -0.3 is 15.6 Å². The van der Waals surface area contributed by atoms with Gasteiger partial charge in [-0.15, -0.1) is 0 Å². The van der Waals surface area contributed by atoms with Crippen molar-refractivity contribution < 1.29 is 9.18 Å². The number of halogens is 1. The molecule has 0 saturated carbocycles. The number of aromatic amines is 1. The molecule has 0 saturated heterocycles. The summed E-state index contributed by atoms with van der Waals surface area (Å²) in [7, 11) is 0. The van der Waals surface area contributed by atoms with Crippen LogP contribution < -0.4 is 10.6 Å². The first kappa shape index (κ1) is 20.4. The second-order valence-corrected chi connectivity index (χ2v) is 8.24. The molecule has 162 valence electrons. The smallest absolute Gasteiger partial charge is 0.251 e. The minimum Gasteiger partial charge on any atom is -0.357 e. The molecule has 0 fully saturated rings. The molecule has 1 aliphatic rings. The van der Waals surface area contributed by atoms with E-state index >= 15 is 0 Å². The van der Waals surface area contributed by atoms with Crippen molar-refractivity contribution in [3.05, 3.63) is 101 Å². The molecule has 0 bridgehead atoms. The summed E-state index contributed by atoms with van der Waals surface area (Å²) in [4.78, 5) is 20.3. The molecule has 1 amide bonds. The number of aryl methyl sites for hydroxylation is 1. The summed E-state index contributed by atoms with van der Waals surface area (Å²) in [5.41, 5.74) is 5.70. The minimum absolute atomic E-state index is 0.101. The molecule has 5 rings (SSSR count). The van der Waals surface area contributed by atoms with Crippen LogP contribution in [0.5, 0.6) is 0 Å². The minimum atomic E-state index is -0.186. The molecular weight excluding hydrogens is 403 g/mol. The number of amides is 1. The number of aromatic nitrogens is 2. The number of benzene rings is 2. The van der Waals surface area contributed by atoms with E-state index in [0.29, 0.717) is 24.2 Å². The Labute approximate surface area is 186 Å². The third-order valence-corrected chi connectivity index (χ3v) is 6.14. The van der Waals surface area contributed by atoms with E-state index in [1.54, 1.807) is 18.5 Å². The lowest BCUT2D eigenvalue weighted by atomic mass is 9.91. The van der Waals surface area contributed by atoms with E-state index in [9.17, 15) is 9.18 Å².